The van der Waals surface area contributed by atoms with E-state index < -0.39 is 0 Å². The van der Waals surface area contributed by atoms with E-state index in [2.05, 4.69) is 14.7 Å². The van der Waals surface area contributed by atoms with E-state index in [4.69, 9.17) is 0 Å². The molecule has 5 heteroatoms. The Labute approximate surface area is 109 Å². The van der Waals surface area contributed by atoms with Gasteiger partial charge in [0.1, 0.15) is 11.6 Å². The van der Waals surface area contributed by atoms with Crippen LogP contribution in [0.2, 0.25) is 0 Å². The van der Waals surface area contributed by atoms with E-state index >= 15 is 0 Å². The van der Waals surface area contributed by atoms with Crippen LogP contribution in [-0.4, -0.2) is 15.4 Å². The van der Waals surface area contributed by atoms with E-state index in [1.807, 2.05) is 19.1 Å². The van der Waals surface area contributed by atoms with Crippen LogP contribution in [0, 0.1) is 5.82 Å². The highest BCUT2D eigenvalue weighted by molar-refractivity contribution is 7.09. The molecular formula is C13H14FN3S. The molecule has 94 valence electrons. The van der Waals surface area contributed by atoms with E-state index in [-0.39, 0.29) is 5.82 Å². The zero-order chi connectivity index (χ0) is 12.5. The predicted octanol–water partition coefficient (Wildman–Crippen LogP) is 3.21. The van der Waals surface area contributed by atoms with E-state index in [1.54, 1.807) is 0 Å². The first-order valence-electron chi connectivity index (χ1n) is 6.11. The molecule has 2 aromatic rings. The summed E-state index contributed by atoms with van der Waals surface area (Å²) in [5.41, 5.74) is 1.19. The van der Waals surface area contributed by atoms with Crippen molar-refractivity contribution in [1.29, 1.82) is 0 Å². The van der Waals surface area contributed by atoms with Gasteiger partial charge < -0.3 is 5.32 Å². The van der Waals surface area contributed by atoms with Crippen molar-refractivity contribution in [2.24, 2.45) is 0 Å². The number of aryl methyl sites for hydroxylation is 1. The van der Waals surface area contributed by atoms with Crippen molar-refractivity contribution in [3.63, 3.8) is 0 Å². The van der Waals surface area contributed by atoms with Gasteiger partial charge in [-0.25, -0.2) is 9.37 Å². The van der Waals surface area contributed by atoms with Crippen molar-refractivity contribution in [3.8, 4) is 0 Å². The first kappa shape index (κ1) is 11.6. The molecule has 2 atom stereocenters. The number of halogens is 1. The maximum atomic E-state index is 12.8. The van der Waals surface area contributed by atoms with Gasteiger partial charge in [-0.3, -0.25) is 0 Å². The minimum atomic E-state index is -0.180. The summed E-state index contributed by atoms with van der Waals surface area (Å²) in [6.07, 6.45) is 1.94. The van der Waals surface area contributed by atoms with Crippen molar-refractivity contribution in [3.05, 3.63) is 41.5 Å². The Balaban J connectivity index is 1.62. The maximum absolute atomic E-state index is 12.8. The molecule has 3 rings (SSSR count). The zero-order valence-corrected chi connectivity index (χ0v) is 10.9. The molecule has 1 saturated carbocycles. The van der Waals surface area contributed by atoms with Gasteiger partial charge in [-0.05, 0) is 24.1 Å². The molecule has 0 unspecified atom stereocenters. The summed E-state index contributed by atoms with van der Waals surface area (Å²) >= 11 is 1.41. The molecule has 3 nitrogen and oxygen atoms in total. The van der Waals surface area contributed by atoms with Crippen LogP contribution in [0.1, 0.15) is 30.7 Å². The molecule has 1 aromatic carbocycles. The van der Waals surface area contributed by atoms with Crippen LogP contribution in [0.5, 0.6) is 0 Å². The lowest BCUT2D eigenvalue weighted by molar-refractivity contribution is 0.627. The van der Waals surface area contributed by atoms with Crippen molar-refractivity contribution in [2.75, 3.05) is 5.32 Å². The topological polar surface area (TPSA) is 37.8 Å². The lowest BCUT2D eigenvalue weighted by Gasteiger charge is -2.01. The molecule has 1 aliphatic rings. The number of nitrogens with zero attached hydrogens (tertiary/aromatic N) is 2. The van der Waals surface area contributed by atoms with Gasteiger partial charge in [-0.15, -0.1) is 0 Å². The number of aromatic nitrogens is 2. The van der Waals surface area contributed by atoms with Crippen LogP contribution >= 0.6 is 11.5 Å². The van der Waals surface area contributed by atoms with Gasteiger partial charge in [0.25, 0.3) is 0 Å². The summed E-state index contributed by atoms with van der Waals surface area (Å²) in [4.78, 5) is 4.39. The minimum absolute atomic E-state index is 0.180. The second-order valence-corrected chi connectivity index (χ2v) is 5.27. The maximum Gasteiger partial charge on any atom is 0.202 e. The fourth-order valence-electron chi connectivity index (χ4n) is 2.05. The van der Waals surface area contributed by atoms with E-state index in [0.29, 0.717) is 12.0 Å². The van der Waals surface area contributed by atoms with Gasteiger partial charge in [0, 0.05) is 29.9 Å². The number of anilines is 1. The van der Waals surface area contributed by atoms with Gasteiger partial charge >= 0.3 is 0 Å². The Bertz CT molecular complexity index is 537. The fraction of sp³-hybridized carbons (Fsp3) is 0.385. The molecule has 0 bridgehead atoms. The van der Waals surface area contributed by atoms with Crippen molar-refractivity contribution in [1.82, 2.24) is 9.36 Å². The summed E-state index contributed by atoms with van der Waals surface area (Å²) in [6.45, 7) is 2.05. The van der Waals surface area contributed by atoms with Gasteiger partial charge in [-0.2, -0.15) is 4.37 Å². The van der Waals surface area contributed by atoms with Crippen LogP contribution in [0.25, 0.3) is 0 Å². The second kappa shape index (κ2) is 4.65. The van der Waals surface area contributed by atoms with Crippen LogP contribution in [0.15, 0.2) is 24.3 Å². The van der Waals surface area contributed by atoms with E-state index in [9.17, 15) is 4.39 Å². The molecule has 1 N–H and O–H groups in total. The third-order valence-electron chi connectivity index (χ3n) is 3.18. The molecule has 0 saturated heterocycles. The molecular weight excluding hydrogens is 249 g/mol. The summed E-state index contributed by atoms with van der Waals surface area (Å²) in [7, 11) is 0. The minimum Gasteiger partial charge on any atom is -0.357 e. The normalized spacial score (nSPS) is 21.9. The monoisotopic (exact) mass is 263 g/mol. The van der Waals surface area contributed by atoms with E-state index in [0.717, 1.165) is 23.8 Å². The standard InChI is InChI=1S/C13H14FN3S/c1-2-12-16-13(18-17-12)15-11-7-10(11)8-3-5-9(14)6-4-8/h3-6,10-11H,2,7H2,1H3,(H,15,16,17)/t10-,11+/m0/s1. The highest BCUT2D eigenvalue weighted by Gasteiger charge is 2.38. The largest absolute Gasteiger partial charge is 0.357 e. The summed E-state index contributed by atoms with van der Waals surface area (Å²) < 4.78 is 17.1. The Morgan fingerprint density at radius 1 is 1.39 bits per heavy atom. The first-order chi connectivity index (χ1) is 8.76. The fourth-order valence-corrected chi connectivity index (χ4v) is 2.76. The highest BCUT2D eigenvalue weighted by atomic mass is 32.1. The van der Waals surface area contributed by atoms with Gasteiger partial charge in [-0.1, -0.05) is 19.1 Å². The predicted molar refractivity (Wildman–Crippen MR) is 70.5 cm³/mol. The molecule has 0 aliphatic heterocycles. The summed E-state index contributed by atoms with van der Waals surface area (Å²) in [6, 6.07) is 7.17. The molecule has 0 amide bonds. The average Bonchev–Trinajstić information content (AvgIpc) is 2.98. The molecule has 18 heavy (non-hydrogen) atoms. The molecule has 1 aliphatic carbocycles. The first-order valence-corrected chi connectivity index (χ1v) is 6.88. The molecule has 1 heterocycles. The lowest BCUT2D eigenvalue weighted by Crippen LogP contribution is -2.03. The summed E-state index contributed by atoms with van der Waals surface area (Å²) in [5.74, 6) is 1.18. The number of rotatable bonds is 4. The average molecular weight is 263 g/mol. The van der Waals surface area contributed by atoms with E-state index in [1.165, 1.54) is 29.2 Å². The summed E-state index contributed by atoms with van der Waals surface area (Å²) in [5, 5.41) is 4.28. The molecule has 1 aromatic heterocycles. The van der Waals surface area contributed by atoms with Crippen molar-refractivity contribution >= 4 is 16.7 Å². The van der Waals surface area contributed by atoms with Crippen molar-refractivity contribution in [2.45, 2.75) is 31.7 Å². The Morgan fingerprint density at radius 3 is 2.83 bits per heavy atom. The lowest BCUT2D eigenvalue weighted by atomic mass is 10.1. The smallest absolute Gasteiger partial charge is 0.202 e. The third-order valence-corrected chi connectivity index (χ3v) is 3.87. The Morgan fingerprint density at radius 2 is 2.17 bits per heavy atom. The van der Waals surface area contributed by atoms with Gasteiger partial charge in [0.05, 0.1) is 0 Å². The van der Waals surface area contributed by atoms with Crippen LogP contribution in [0.3, 0.4) is 0 Å². The van der Waals surface area contributed by atoms with Gasteiger partial charge in [0.15, 0.2) is 0 Å². The number of hydrogen-bond acceptors (Lipinski definition) is 4. The van der Waals surface area contributed by atoms with Gasteiger partial charge in [0.2, 0.25) is 5.13 Å². The highest BCUT2D eigenvalue weighted by Crippen LogP contribution is 2.42. The molecule has 0 radical (unpaired) electrons. The van der Waals surface area contributed by atoms with Crippen LogP contribution < -0.4 is 5.32 Å². The van der Waals surface area contributed by atoms with Crippen LogP contribution in [0.4, 0.5) is 9.52 Å². The second-order valence-electron chi connectivity index (χ2n) is 4.51. The number of hydrogen-bond donors (Lipinski definition) is 1. The zero-order valence-electron chi connectivity index (χ0n) is 10.1. The quantitative estimate of drug-likeness (QED) is 0.920. The van der Waals surface area contributed by atoms with Crippen molar-refractivity contribution < 1.29 is 4.39 Å². The third kappa shape index (κ3) is 2.36. The Hall–Kier alpha value is -1.49. The number of nitrogens with one attached hydrogen (secondary N) is 1. The molecule has 0 spiro atoms. The Kier molecular flexibility index (Phi) is 2.99. The number of benzene rings is 1. The SMILES string of the molecule is CCc1nsc(N[C@@H]2C[C@H]2c2ccc(F)cc2)n1. The molecule has 1 fully saturated rings. The van der Waals surface area contributed by atoms with Crippen LogP contribution in [-0.2, 0) is 6.42 Å².